The van der Waals surface area contributed by atoms with Crippen molar-refractivity contribution < 1.29 is 60.0 Å². The van der Waals surface area contributed by atoms with Gasteiger partial charge in [0, 0.05) is 26.7 Å². The summed E-state index contributed by atoms with van der Waals surface area (Å²) in [6.45, 7) is 3.74. The Balaban J connectivity index is -0.0000000784. The van der Waals surface area contributed by atoms with Gasteiger partial charge < -0.3 is 40.9 Å². The van der Waals surface area contributed by atoms with Gasteiger partial charge >= 0.3 is 11.9 Å². The SMILES string of the molecule is CC(=O)O.CC(=O)O.CCC(=O)O.CCC(=O)O.OCC(CO)(CO)CO. The minimum atomic E-state index is -1.11. The summed E-state index contributed by atoms with van der Waals surface area (Å²) in [5.74, 6) is -3.16. The van der Waals surface area contributed by atoms with Gasteiger partial charge in [-0.3, -0.25) is 19.2 Å². The Labute approximate surface area is 157 Å². The molecule has 0 aliphatic heterocycles. The first kappa shape index (κ1) is 35.8. The van der Waals surface area contributed by atoms with Crippen molar-refractivity contribution in [2.45, 2.75) is 40.5 Å². The summed E-state index contributed by atoms with van der Waals surface area (Å²) in [6, 6.07) is 0. The largest absolute Gasteiger partial charge is 0.481 e. The van der Waals surface area contributed by atoms with Gasteiger partial charge in [-0.15, -0.1) is 0 Å². The van der Waals surface area contributed by atoms with E-state index < -0.39 is 55.7 Å². The third-order valence-corrected chi connectivity index (χ3v) is 1.95. The van der Waals surface area contributed by atoms with Crippen LogP contribution in [0.5, 0.6) is 0 Å². The Morgan fingerprint density at radius 3 is 0.704 bits per heavy atom. The second-order valence-electron chi connectivity index (χ2n) is 4.67. The van der Waals surface area contributed by atoms with E-state index in [1.807, 2.05) is 0 Å². The van der Waals surface area contributed by atoms with Gasteiger partial charge in [0.25, 0.3) is 11.9 Å². The molecule has 0 heterocycles. The van der Waals surface area contributed by atoms with E-state index >= 15 is 0 Å². The molecule has 0 aromatic heterocycles. The third kappa shape index (κ3) is 59.4. The number of hydrogen-bond donors (Lipinski definition) is 8. The van der Waals surface area contributed by atoms with Gasteiger partial charge in [0.05, 0.1) is 31.8 Å². The van der Waals surface area contributed by atoms with Crippen molar-refractivity contribution in [3.63, 3.8) is 0 Å². The lowest BCUT2D eigenvalue weighted by atomic mass is 9.93. The van der Waals surface area contributed by atoms with Crippen LogP contribution in [0.1, 0.15) is 40.5 Å². The van der Waals surface area contributed by atoms with Crippen molar-refractivity contribution >= 4 is 23.9 Å². The fraction of sp³-hybridized carbons (Fsp3) is 0.733. The van der Waals surface area contributed by atoms with Crippen LogP contribution in [-0.2, 0) is 19.2 Å². The van der Waals surface area contributed by atoms with Gasteiger partial charge in [0.2, 0.25) is 0 Å². The fourth-order valence-electron chi connectivity index (χ4n) is 0.300. The second kappa shape index (κ2) is 26.0. The molecule has 27 heavy (non-hydrogen) atoms. The number of rotatable bonds is 6. The molecule has 0 bridgehead atoms. The maximum absolute atomic E-state index is 9.37. The molecule has 8 N–H and O–H groups in total. The van der Waals surface area contributed by atoms with E-state index in [0.29, 0.717) is 0 Å². The Morgan fingerprint density at radius 1 is 0.593 bits per heavy atom. The number of carboxylic acid groups (broad SMARTS) is 4. The first-order valence-corrected chi connectivity index (χ1v) is 7.51. The van der Waals surface area contributed by atoms with E-state index in [1.54, 1.807) is 13.8 Å². The standard InChI is InChI=1S/C5H12O4.2C3H6O2.2C2H4O2/c6-1-5(2-7,3-8)4-9;2*1-2-3(4)5;2*1-2(3)4/h6-9H,1-4H2;2*2H2,1H3,(H,4,5);2*1H3,(H,3,4). The highest BCUT2D eigenvalue weighted by Crippen LogP contribution is 2.11. The maximum atomic E-state index is 9.37. The van der Waals surface area contributed by atoms with Gasteiger partial charge in [-0.1, -0.05) is 13.8 Å². The highest BCUT2D eigenvalue weighted by atomic mass is 16.4. The molecular weight excluding hydrogens is 372 g/mol. The summed E-state index contributed by atoms with van der Waals surface area (Å²) in [6.07, 6.45) is 0.444. The predicted octanol–water partition coefficient (Wildman–Crippen LogP) is -0.914. The van der Waals surface area contributed by atoms with Crippen molar-refractivity contribution in [1.82, 2.24) is 0 Å². The lowest BCUT2D eigenvalue weighted by Crippen LogP contribution is -2.37. The van der Waals surface area contributed by atoms with Crippen LogP contribution >= 0.6 is 0 Å². The van der Waals surface area contributed by atoms with Crippen LogP contribution < -0.4 is 0 Å². The van der Waals surface area contributed by atoms with Crippen LogP contribution in [0.3, 0.4) is 0 Å². The molecule has 0 saturated carbocycles. The zero-order valence-electron chi connectivity index (χ0n) is 16.0. The minimum absolute atomic E-state index is 0.222. The molecule has 0 aromatic carbocycles. The summed E-state index contributed by atoms with van der Waals surface area (Å²) >= 11 is 0. The first-order chi connectivity index (χ1) is 12.2. The van der Waals surface area contributed by atoms with Crippen LogP contribution in [0.4, 0.5) is 0 Å². The average Bonchev–Trinajstić information content (AvgIpc) is 2.57. The van der Waals surface area contributed by atoms with Crippen molar-refractivity contribution in [2.24, 2.45) is 5.41 Å². The molecule has 0 saturated heterocycles. The van der Waals surface area contributed by atoms with Gasteiger partial charge in [-0.05, 0) is 0 Å². The van der Waals surface area contributed by atoms with Crippen LogP contribution in [-0.4, -0.2) is 91.2 Å². The Morgan fingerprint density at radius 2 is 0.704 bits per heavy atom. The van der Waals surface area contributed by atoms with Crippen LogP contribution in [0, 0.1) is 5.41 Å². The van der Waals surface area contributed by atoms with Crippen molar-refractivity contribution in [2.75, 3.05) is 26.4 Å². The molecule has 0 amide bonds. The molecular formula is C15H32O12. The lowest BCUT2D eigenvalue weighted by molar-refractivity contribution is -0.137. The van der Waals surface area contributed by atoms with E-state index in [9.17, 15) is 9.59 Å². The molecule has 0 spiro atoms. The third-order valence-electron chi connectivity index (χ3n) is 1.95. The van der Waals surface area contributed by atoms with E-state index in [0.717, 1.165) is 13.8 Å². The molecule has 0 atom stereocenters. The topological polar surface area (TPSA) is 230 Å². The number of aliphatic hydroxyl groups excluding tert-OH is 4. The van der Waals surface area contributed by atoms with Crippen LogP contribution in [0.2, 0.25) is 0 Å². The van der Waals surface area contributed by atoms with Crippen molar-refractivity contribution in [3.05, 3.63) is 0 Å². The normalized spacial score (nSPS) is 8.59. The fourth-order valence-corrected chi connectivity index (χ4v) is 0.300. The number of carboxylic acids is 4. The molecule has 0 aliphatic carbocycles. The molecule has 0 aromatic rings. The molecule has 0 fully saturated rings. The monoisotopic (exact) mass is 404 g/mol. The van der Waals surface area contributed by atoms with Gasteiger partial charge in [0.15, 0.2) is 0 Å². The quantitative estimate of drug-likeness (QED) is 0.269. The summed E-state index contributed by atoms with van der Waals surface area (Å²) in [4.78, 5) is 36.7. The Hall–Kier alpha value is -2.28. The molecule has 164 valence electrons. The van der Waals surface area contributed by atoms with Crippen LogP contribution in [0.15, 0.2) is 0 Å². The van der Waals surface area contributed by atoms with E-state index in [1.165, 1.54) is 0 Å². The van der Waals surface area contributed by atoms with E-state index in [4.69, 9.17) is 50.4 Å². The van der Waals surface area contributed by atoms with E-state index in [2.05, 4.69) is 0 Å². The molecule has 0 aliphatic rings. The number of aliphatic hydroxyl groups is 4. The molecule has 0 unspecified atom stereocenters. The summed E-state index contributed by atoms with van der Waals surface area (Å²) in [5.41, 5.74) is -1.11. The van der Waals surface area contributed by atoms with Gasteiger partial charge in [0.1, 0.15) is 0 Å². The first-order valence-electron chi connectivity index (χ1n) is 7.51. The maximum Gasteiger partial charge on any atom is 0.303 e. The molecule has 12 nitrogen and oxygen atoms in total. The van der Waals surface area contributed by atoms with Crippen LogP contribution in [0.25, 0.3) is 0 Å². The summed E-state index contributed by atoms with van der Waals surface area (Å²) in [7, 11) is 0. The zero-order valence-corrected chi connectivity index (χ0v) is 16.0. The molecule has 12 heteroatoms. The van der Waals surface area contributed by atoms with E-state index in [-0.39, 0.29) is 12.8 Å². The number of hydrogen-bond acceptors (Lipinski definition) is 8. The number of aliphatic carboxylic acids is 4. The van der Waals surface area contributed by atoms with Gasteiger partial charge in [-0.2, -0.15) is 0 Å². The summed E-state index contributed by atoms with van der Waals surface area (Å²) in [5, 5.41) is 64.3. The second-order valence-corrected chi connectivity index (χ2v) is 4.67. The Bertz CT molecular complexity index is 325. The molecule has 0 rings (SSSR count). The average molecular weight is 404 g/mol. The van der Waals surface area contributed by atoms with Crippen molar-refractivity contribution in [1.29, 1.82) is 0 Å². The Kier molecular flexibility index (Phi) is 34.4. The smallest absolute Gasteiger partial charge is 0.303 e. The highest BCUT2D eigenvalue weighted by molar-refractivity contribution is 5.66. The van der Waals surface area contributed by atoms with Gasteiger partial charge in [-0.25, -0.2) is 0 Å². The number of carbonyl (C=O) groups is 4. The molecule has 0 radical (unpaired) electrons. The van der Waals surface area contributed by atoms with Crippen molar-refractivity contribution in [3.8, 4) is 0 Å². The summed E-state index contributed by atoms with van der Waals surface area (Å²) < 4.78 is 0. The zero-order chi connectivity index (χ0) is 23.1. The minimum Gasteiger partial charge on any atom is -0.481 e. The lowest BCUT2D eigenvalue weighted by Gasteiger charge is -2.23. The highest BCUT2D eigenvalue weighted by Gasteiger charge is 2.26. The predicted molar refractivity (Wildman–Crippen MR) is 93.2 cm³/mol.